The second-order valence-electron chi connectivity index (χ2n) is 4.04. The van der Waals surface area contributed by atoms with Crippen LogP contribution in [0.1, 0.15) is 24.8 Å². The molecule has 0 radical (unpaired) electrons. The average molecular weight is 241 g/mol. The second kappa shape index (κ2) is 5.05. The molecule has 0 heterocycles. The van der Waals surface area contributed by atoms with Gasteiger partial charge < -0.3 is 0 Å². The summed E-state index contributed by atoms with van der Waals surface area (Å²) in [5.41, 5.74) is 2.73. The van der Waals surface area contributed by atoms with E-state index >= 15 is 0 Å². The van der Waals surface area contributed by atoms with Gasteiger partial charge in [0.15, 0.2) is 0 Å². The van der Waals surface area contributed by atoms with Crippen LogP contribution in [0.15, 0.2) is 35.9 Å². The quantitative estimate of drug-likeness (QED) is 0.524. The smallest absolute Gasteiger partial charge is 0.0518 e. The summed E-state index contributed by atoms with van der Waals surface area (Å²) in [6.45, 7) is 0. The number of hydrogen-bond donors (Lipinski definition) is 0. The van der Waals surface area contributed by atoms with Crippen molar-refractivity contribution >= 4 is 23.2 Å². The van der Waals surface area contributed by atoms with Crippen LogP contribution in [-0.2, 0) is 6.42 Å². The predicted octanol–water partition coefficient (Wildman–Crippen LogP) is 4.60. The Hall–Kier alpha value is -0.460. The standard InChI is InChI=1S/C13H14Cl2/c14-12-5-1-3-10(8-12)7-11-4-2-6-13(15)9-11/h1,3,5,8-9,13H,2,4,6-7H2. The van der Waals surface area contributed by atoms with E-state index in [4.69, 9.17) is 23.2 Å². The first kappa shape index (κ1) is 11.0. The molecule has 1 atom stereocenters. The van der Waals surface area contributed by atoms with Crippen molar-refractivity contribution in [2.75, 3.05) is 0 Å². The van der Waals surface area contributed by atoms with Gasteiger partial charge in [0, 0.05) is 5.02 Å². The molecule has 80 valence electrons. The Morgan fingerprint density at radius 2 is 2.20 bits per heavy atom. The maximum absolute atomic E-state index is 6.11. The Morgan fingerprint density at radius 3 is 2.93 bits per heavy atom. The highest BCUT2D eigenvalue weighted by Crippen LogP contribution is 2.25. The van der Waals surface area contributed by atoms with Gasteiger partial charge >= 0.3 is 0 Å². The molecule has 0 nitrogen and oxygen atoms in total. The molecule has 0 amide bonds. The average Bonchev–Trinajstić information content (AvgIpc) is 2.17. The van der Waals surface area contributed by atoms with E-state index in [1.807, 2.05) is 18.2 Å². The molecular formula is C13H14Cl2. The summed E-state index contributed by atoms with van der Waals surface area (Å²) in [7, 11) is 0. The van der Waals surface area contributed by atoms with Crippen LogP contribution in [0, 0.1) is 0 Å². The maximum atomic E-state index is 6.11. The maximum Gasteiger partial charge on any atom is 0.0518 e. The van der Waals surface area contributed by atoms with Crippen molar-refractivity contribution in [2.24, 2.45) is 0 Å². The van der Waals surface area contributed by atoms with Crippen LogP contribution < -0.4 is 0 Å². The van der Waals surface area contributed by atoms with E-state index in [1.54, 1.807) is 0 Å². The van der Waals surface area contributed by atoms with Crippen molar-refractivity contribution < 1.29 is 0 Å². The molecule has 1 unspecified atom stereocenters. The van der Waals surface area contributed by atoms with Gasteiger partial charge in [-0.1, -0.05) is 35.4 Å². The first-order chi connectivity index (χ1) is 7.24. The third kappa shape index (κ3) is 3.25. The fraction of sp³-hybridized carbons (Fsp3) is 0.385. The van der Waals surface area contributed by atoms with Gasteiger partial charge in [0.1, 0.15) is 0 Å². The Kier molecular flexibility index (Phi) is 3.71. The van der Waals surface area contributed by atoms with Gasteiger partial charge in [-0.25, -0.2) is 0 Å². The Balaban J connectivity index is 2.08. The van der Waals surface area contributed by atoms with E-state index in [-0.39, 0.29) is 5.38 Å². The number of allylic oxidation sites excluding steroid dienone is 2. The van der Waals surface area contributed by atoms with Crippen LogP contribution in [0.3, 0.4) is 0 Å². The minimum absolute atomic E-state index is 0.230. The molecule has 0 aliphatic heterocycles. The summed E-state index contributed by atoms with van der Waals surface area (Å²) in [6, 6.07) is 8.05. The number of rotatable bonds is 2. The van der Waals surface area contributed by atoms with Crippen LogP contribution in [0.4, 0.5) is 0 Å². The van der Waals surface area contributed by atoms with Gasteiger partial charge in [0.05, 0.1) is 5.38 Å². The van der Waals surface area contributed by atoms with Gasteiger partial charge in [0.2, 0.25) is 0 Å². The van der Waals surface area contributed by atoms with E-state index in [1.165, 1.54) is 24.0 Å². The van der Waals surface area contributed by atoms with Gasteiger partial charge in [-0.2, -0.15) is 0 Å². The van der Waals surface area contributed by atoms with Gasteiger partial charge in [0.25, 0.3) is 0 Å². The minimum Gasteiger partial charge on any atom is -0.118 e. The van der Waals surface area contributed by atoms with Crippen molar-refractivity contribution in [3.8, 4) is 0 Å². The van der Waals surface area contributed by atoms with Gasteiger partial charge in [-0.3, -0.25) is 0 Å². The first-order valence-electron chi connectivity index (χ1n) is 5.32. The van der Waals surface area contributed by atoms with Gasteiger partial charge in [-0.15, -0.1) is 11.6 Å². The summed E-state index contributed by atoms with van der Waals surface area (Å²) in [5, 5.41) is 1.04. The molecule has 2 rings (SSSR count). The molecule has 0 fully saturated rings. The molecule has 0 aromatic heterocycles. The summed E-state index contributed by atoms with van der Waals surface area (Å²) in [6.07, 6.45) is 6.69. The lowest BCUT2D eigenvalue weighted by Crippen LogP contribution is -2.05. The third-order valence-corrected chi connectivity index (χ3v) is 3.29. The lowest BCUT2D eigenvalue weighted by molar-refractivity contribution is 0.693. The number of halogens is 2. The zero-order chi connectivity index (χ0) is 10.7. The van der Waals surface area contributed by atoms with Crippen molar-refractivity contribution in [1.82, 2.24) is 0 Å². The molecule has 0 spiro atoms. The van der Waals surface area contributed by atoms with Crippen LogP contribution in [0.25, 0.3) is 0 Å². The topological polar surface area (TPSA) is 0 Å². The van der Waals surface area contributed by atoms with Crippen molar-refractivity contribution in [3.63, 3.8) is 0 Å². The van der Waals surface area contributed by atoms with E-state index in [9.17, 15) is 0 Å². The lowest BCUT2D eigenvalue weighted by atomic mass is 9.94. The molecule has 0 saturated heterocycles. The highest BCUT2D eigenvalue weighted by Gasteiger charge is 2.11. The van der Waals surface area contributed by atoms with E-state index in [2.05, 4.69) is 12.1 Å². The summed E-state index contributed by atoms with van der Waals surface area (Å²) < 4.78 is 0. The Morgan fingerprint density at radius 1 is 1.33 bits per heavy atom. The van der Waals surface area contributed by atoms with E-state index in [0.29, 0.717) is 0 Å². The number of alkyl halides is 1. The summed E-state index contributed by atoms with van der Waals surface area (Å²) >= 11 is 12.1. The Bertz CT molecular complexity index is 369. The van der Waals surface area contributed by atoms with Crippen molar-refractivity contribution in [3.05, 3.63) is 46.5 Å². The molecule has 15 heavy (non-hydrogen) atoms. The molecule has 1 aromatic carbocycles. The van der Waals surface area contributed by atoms with Crippen LogP contribution in [-0.4, -0.2) is 5.38 Å². The fourth-order valence-electron chi connectivity index (χ4n) is 2.00. The zero-order valence-corrected chi connectivity index (χ0v) is 10.1. The van der Waals surface area contributed by atoms with Crippen LogP contribution >= 0.6 is 23.2 Å². The highest BCUT2D eigenvalue weighted by atomic mass is 35.5. The Labute approximate surface area is 101 Å². The van der Waals surface area contributed by atoms with Crippen molar-refractivity contribution in [1.29, 1.82) is 0 Å². The molecule has 0 saturated carbocycles. The molecule has 0 bridgehead atoms. The fourth-order valence-corrected chi connectivity index (χ4v) is 2.55. The molecule has 0 N–H and O–H groups in total. The zero-order valence-electron chi connectivity index (χ0n) is 8.55. The normalized spacial score (nSPS) is 21.2. The summed E-state index contributed by atoms with van der Waals surface area (Å²) in [5.74, 6) is 0. The molecule has 1 aromatic rings. The summed E-state index contributed by atoms with van der Waals surface area (Å²) in [4.78, 5) is 0. The largest absolute Gasteiger partial charge is 0.118 e. The molecular weight excluding hydrogens is 227 g/mol. The molecule has 1 aliphatic carbocycles. The van der Waals surface area contributed by atoms with Gasteiger partial charge in [-0.05, 0) is 43.4 Å². The molecule has 1 aliphatic rings. The SMILES string of the molecule is Clc1cccc(CC2=CC(Cl)CCC2)c1. The minimum atomic E-state index is 0.230. The highest BCUT2D eigenvalue weighted by molar-refractivity contribution is 6.30. The second-order valence-corrected chi connectivity index (χ2v) is 5.04. The van der Waals surface area contributed by atoms with Crippen LogP contribution in [0.5, 0.6) is 0 Å². The lowest BCUT2D eigenvalue weighted by Gasteiger charge is -2.16. The third-order valence-electron chi connectivity index (χ3n) is 2.71. The van der Waals surface area contributed by atoms with E-state index < -0.39 is 0 Å². The van der Waals surface area contributed by atoms with Crippen molar-refractivity contribution in [2.45, 2.75) is 31.1 Å². The molecule has 2 heteroatoms. The number of benzene rings is 1. The first-order valence-corrected chi connectivity index (χ1v) is 6.13. The van der Waals surface area contributed by atoms with Crippen LogP contribution in [0.2, 0.25) is 5.02 Å². The predicted molar refractivity (Wildman–Crippen MR) is 66.7 cm³/mol. The van der Waals surface area contributed by atoms with E-state index in [0.717, 1.165) is 17.9 Å². The number of hydrogen-bond acceptors (Lipinski definition) is 0. The monoisotopic (exact) mass is 240 g/mol.